The summed E-state index contributed by atoms with van der Waals surface area (Å²) < 4.78 is 5.61. The second kappa shape index (κ2) is 5.94. The van der Waals surface area contributed by atoms with Crippen molar-refractivity contribution in [3.8, 4) is 0 Å². The van der Waals surface area contributed by atoms with Gasteiger partial charge in [-0.2, -0.15) is 0 Å². The quantitative estimate of drug-likeness (QED) is 0.838. The number of rotatable bonds is 3. The SMILES string of the molecule is O=C(O)[C@@H]1[C@@H](C(=O)N2CCN(c3ccccc3)CC2)[C@@H]2C=C[C@@H]1O2. The van der Waals surface area contributed by atoms with Gasteiger partial charge in [0.2, 0.25) is 5.91 Å². The van der Waals surface area contributed by atoms with Gasteiger partial charge < -0.3 is 19.6 Å². The van der Waals surface area contributed by atoms with Gasteiger partial charge in [0.15, 0.2) is 0 Å². The number of aliphatic carboxylic acids is 1. The molecular formula is C18H20N2O4. The van der Waals surface area contributed by atoms with Gasteiger partial charge >= 0.3 is 5.97 Å². The first-order valence-electron chi connectivity index (χ1n) is 8.30. The normalized spacial score (nSPS) is 31.5. The Morgan fingerprint density at radius 1 is 0.958 bits per heavy atom. The van der Waals surface area contributed by atoms with Crippen molar-refractivity contribution in [3.63, 3.8) is 0 Å². The lowest BCUT2D eigenvalue weighted by molar-refractivity contribution is -0.149. The van der Waals surface area contributed by atoms with Gasteiger partial charge in [-0.3, -0.25) is 9.59 Å². The molecule has 24 heavy (non-hydrogen) atoms. The number of piperazine rings is 1. The third-order valence-corrected chi connectivity index (χ3v) is 5.18. The largest absolute Gasteiger partial charge is 0.481 e. The number of carboxylic acid groups (broad SMARTS) is 1. The molecule has 2 fully saturated rings. The molecule has 3 aliphatic rings. The third kappa shape index (κ3) is 2.47. The number of carbonyl (C=O) groups is 2. The molecule has 1 amide bonds. The molecule has 0 aliphatic carbocycles. The molecule has 0 aromatic heterocycles. The van der Waals surface area contributed by atoms with Gasteiger partial charge in [-0.1, -0.05) is 30.4 Å². The van der Waals surface area contributed by atoms with Crippen molar-refractivity contribution in [1.29, 1.82) is 0 Å². The van der Waals surface area contributed by atoms with Gasteiger partial charge in [0.25, 0.3) is 0 Å². The lowest BCUT2D eigenvalue weighted by Gasteiger charge is -2.38. The maximum atomic E-state index is 12.9. The van der Waals surface area contributed by atoms with Crippen molar-refractivity contribution in [2.75, 3.05) is 31.1 Å². The van der Waals surface area contributed by atoms with Crippen LogP contribution in [0, 0.1) is 11.8 Å². The van der Waals surface area contributed by atoms with Crippen molar-refractivity contribution in [2.45, 2.75) is 12.2 Å². The maximum absolute atomic E-state index is 12.9. The first-order chi connectivity index (χ1) is 11.6. The van der Waals surface area contributed by atoms with Gasteiger partial charge in [0.1, 0.15) is 5.92 Å². The van der Waals surface area contributed by atoms with Crippen LogP contribution in [-0.2, 0) is 14.3 Å². The van der Waals surface area contributed by atoms with Crippen LogP contribution in [0.2, 0.25) is 0 Å². The van der Waals surface area contributed by atoms with E-state index >= 15 is 0 Å². The van der Waals surface area contributed by atoms with E-state index in [0.29, 0.717) is 13.1 Å². The van der Waals surface area contributed by atoms with Crippen molar-refractivity contribution >= 4 is 17.6 Å². The van der Waals surface area contributed by atoms with Crippen LogP contribution < -0.4 is 4.90 Å². The summed E-state index contributed by atoms with van der Waals surface area (Å²) in [5, 5.41) is 9.45. The number of carboxylic acids is 1. The van der Waals surface area contributed by atoms with E-state index < -0.39 is 30.0 Å². The Morgan fingerprint density at radius 2 is 1.58 bits per heavy atom. The zero-order valence-corrected chi connectivity index (χ0v) is 13.2. The molecule has 0 spiro atoms. The molecule has 2 saturated heterocycles. The van der Waals surface area contributed by atoms with E-state index in [-0.39, 0.29) is 5.91 Å². The second-order valence-corrected chi connectivity index (χ2v) is 6.49. The van der Waals surface area contributed by atoms with Gasteiger partial charge in [0.05, 0.1) is 18.1 Å². The van der Waals surface area contributed by atoms with Crippen LogP contribution in [0.1, 0.15) is 0 Å². The summed E-state index contributed by atoms with van der Waals surface area (Å²) >= 11 is 0. The number of hydrogen-bond acceptors (Lipinski definition) is 4. The van der Waals surface area contributed by atoms with Gasteiger partial charge in [-0.15, -0.1) is 0 Å². The fourth-order valence-corrected chi connectivity index (χ4v) is 3.93. The molecule has 0 unspecified atom stereocenters. The fourth-order valence-electron chi connectivity index (χ4n) is 3.93. The van der Waals surface area contributed by atoms with Crippen molar-refractivity contribution in [1.82, 2.24) is 4.90 Å². The molecule has 4 rings (SSSR count). The molecule has 6 nitrogen and oxygen atoms in total. The Morgan fingerprint density at radius 3 is 2.21 bits per heavy atom. The van der Waals surface area contributed by atoms with E-state index in [4.69, 9.17) is 4.74 Å². The number of hydrogen-bond donors (Lipinski definition) is 1. The standard InChI is InChI=1S/C18H20N2O4/c21-17(15-13-6-7-14(24-13)16(15)18(22)23)20-10-8-19(9-11-20)12-4-2-1-3-5-12/h1-7,13-16H,8-11H2,(H,22,23)/t13-,14-,15-,16-/m0/s1. The van der Waals surface area contributed by atoms with Crippen LogP contribution in [0.25, 0.3) is 0 Å². The highest BCUT2D eigenvalue weighted by molar-refractivity contribution is 5.87. The number of ether oxygens (including phenoxy) is 1. The molecule has 1 N–H and O–H groups in total. The summed E-state index contributed by atoms with van der Waals surface area (Å²) in [6.45, 7) is 2.73. The second-order valence-electron chi connectivity index (χ2n) is 6.49. The lowest BCUT2D eigenvalue weighted by Crippen LogP contribution is -2.53. The Bertz CT molecular complexity index is 667. The Kier molecular flexibility index (Phi) is 3.76. The summed E-state index contributed by atoms with van der Waals surface area (Å²) in [5.74, 6) is -2.40. The highest BCUT2D eigenvalue weighted by atomic mass is 16.5. The number of amides is 1. The Hall–Kier alpha value is -2.34. The number of carbonyl (C=O) groups excluding carboxylic acids is 1. The topological polar surface area (TPSA) is 70.1 Å². The van der Waals surface area contributed by atoms with Gasteiger partial charge in [0, 0.05) is 31.9 Å². The van der Waals surface area contributed by atoms with Crippen LogP contribution in [0.15, 0.2) is 42.5 Å². The Balaban J connectivity index is 1.43. The van der Waals surface area contributed by atoms with Crippen molar-refractivity contribution in [3.05, 3.63) is 42.5 Å². The van der Waals surface area contributed by atoms with Crippen LogP contribution in [0.5, 0.6) is 0 Å². The molecule has 126 valence electrons. The van der Waals surface area contributed by atoms with E-state index in [2.05, 4.69) is 17.0 Å². The van der Waals surface area contributed by atoms with E-state index in [9.17, 15) is 14.7 Å². The molecule has 0 saturated carbocycles. The highest BCUT2D eigenvalue weighted by Crippen LogP contribution is 2.40. The molecule has 3 aliphatic heterocycles. The lowest BCUT2D eigenvalue weighted by atomic mass is 9.82. The molecule has 3 heterocycles. The number of anilines is 1. The third-order valence-electron chi connectivity index (χ3n) is 5.18. The fraction of sp³-hybridized carbons (Fsp3) is 0.444. The molecule has 1 aromatic rings. The number of benzene rings is 1. The predicted octanol–water partition coefficient (Wildman–Crippen LogP) is 0.989. The van der Waals surface area contributed by atoms with Crippen LogP contribution in [-0.4, -0.2) is 60.3 Å². The van der Waals surface area contributed by atoms with E-state index in [0.717, 1.165) is 18.8 Å². The predicted molar refractivity (Wildman–Crippen MR) is 87.7 cm³/mol. The van der Waals surface area contributed by atoms with E-state index in [1.165, 1.54) is 0 Å². The molecule has 1 aromatic carbocycles. The summed E-state index contributed by atoms with van der Waals surface area (Å²) in [6.07, 6.45) is 2.73. The summed E-state index contributed by atoms with van der Waals surface area (Å²) in [7, 11) is 0. The van der Waals surface area contributed by atoms with Crippen LogP contribution >= 0.6 is 0 Å². The van der Waals surface area contributed by atoms with E-state index in [1.807, 2.05) is 24.3 Å². The molecule has 6 heteroatoms. The summed E-state index contributed by atoms with van der Waals surface area (Å²) in [6, 6.07) is 10.1. The number of nitrogens with zero attached hydrogens (tertiary/aromatic N) is 2. The van der Waals surface area contributed by atoms with E-state index in [1.54, 1.807) is 11.0 Å². The minimum atomic E-state index is -0.951. The number of fused-ring (bicyclic) bond motifs is 2. The average Bonchev–Trinajstić information content (AvgIpc) is 3.23. The molecule has 4 atom stereocenters. The minimum absolute atomic E-state index is 0.0908. The summed E-state index contributed by atoms with van der Waals surface area (Å²) in [5.41, 5.74) is 1.15. The Labute approximate surface area is 140 Å². The zero-order chi connectivity index (χ0) is 16.7. The number of para-hydroxylation sites is 1. The first-order valence-corrected chi connectivity index (χ1v) is 8.30. The highest BCUT2D eigenvalue weighted by Gasteiger charge is 2.54. The van der Waals surface area contributed by atoms with Crippen molar-refractivity contribution < 1.29 is 19.4 Å². The molecular weight excluding hydrogens is 308 g/mol. The monoisotopic (exact) mass is 328 g/mol. The van der Waals surface area contributed by atoms with Crippen molar-refractivity contribution in [2.24, 2.45) is 11.8 Å². The minimum Gasteiger partial charge on any atom is -0.481 e. The van der Waals surface area contributed by atoms with Gasteiger partial charge in [-0.05, 0) is 12.1 Å². The van der Waals surface area contributed by atoms with Crippen LogP contribution in [0.3, 0.4) is 0 Å². The zero-order valence-electron chi connectivity index (χ0n) is 13.2. The molecule has 0 radical (unpaired) electrons. The average molecular weight is 328 g/mol. The first kappa shape index (κ1) is 15.2. The summed E-state index contributed by atoms with van der Waals surface area (Å²) in [4.78, 5) is 28.4. The van der Waals surface area contributed by atoms with Gasteiger partial charge in [-0.25, -0.2) is 0 Å². The maximum Gasteiger partial charge on any atom is 0.310 e. The smallest absolute Gasteiger partial charge is 0.310 e. The molecule has 2 bridgehead atoms. The van der Waals surface area contributed by atoms with Crippen LogP contribution in [0.4, 0.5) is 5.69 Å².